The second kappa shape index (κ2) is 10.0. The van der Waals surface area contributed by atoms with E-state index in [-0.39, 0.29) is 5.82 Å². The van der Waals surface area contributed by atoms with Crippen molar-refractivity contribution in [2.24, 2.45) is 0 Å². The van der Waals surface area contributed by atoms with Gasteiger partial charge in [0.2, 0.25) is 0 Å². The van der Waals surface area contributed by atoms with Gasteiger partial charge in [-0.1, -0.05) is 0 Å². The number of nitrogens with one attached hydrogen (secondary N) is 1. The highest BCUT2D eigenvalue weighted by Gasteiger charge is 2.07. The highest BCUT2D eigenvalue weighted by molar-refractivity contribution is 8.01. The number of nitro groups is 1. The number of rotatable bonds is 10. The predicted molar refractivity (Wildman–Crippen MR) is 92.3 cm³/mol. The highest BCUT2D eigenvalue weighted by Crippen LogP contribution is 2.16. The van der Waals surface area contributed by atoms with E-state index in [2.05, 4.69) is 20.6 Å². The van der Waals surface area contributed by atoms with E-state index in [0.29, 0.717) is 6.54 Å². The number of thioether (sulfide) groups is 2. The third kappa shape index (κ3) is 7.70. The normalized spacial score (nSPS) is 11.9. The number of hydrogen-bond donors (Lipinski definition) is 1. The molecule has 0 fully saturated rings. The van der Waals surface area contributed by atoms with Crippen LogP contribution in [0.15, 0.2) is 16.6 Å². The molecule has 0 amide bonds. The zero-order valence-electron chi connectivity index (χ0n) is 12.4. The van der Waals surface area contributed by atoms with Gasteiger partial charge in [-0.3, -0.25) is 5.32 Å². The molecule has 0 aliphatic rings. The molecule has 1 aromatic rings. The summed E-state index contributed by atoms with van der Waals surface area (Å²) >= 11 is 4.72. The molecule has 0 radical (unpaired) electrons. The van der Waals surface area contributed by atoms with E-state index in [1.807, 2.05) is 14.1 Å². The maximum absolute atomic E-state index is 10.7. The number of thiazole rings is 1. The third-order valence-electron chi connectivity index (χ3n) is 2.28. The molecule has 0 unspecified atom stereocenters. The van der Waals surface area contributed by atoms with Crippen molar-refractivity contribution in [1.82, 2.24) is 15.2 Å². The van der Waals surface area contributed by atoms with Crippen molar-refractivity contribution in [3.63, 3.8) is 0 Å². The fraction of sp³-hybridized carbons (Fsp3) is 0.583. The fourth-order valence-corrected chi connectivity index (χ4v) is 3.60. The molecule has 0 saturated carbocycles. The first-order valence-electron chi connectivity index (χ1n) is 6.30. The van der Waals surface area contributed by atoms with Gasteiger partial charge in [0.25, 0.3) is 0 Å². The molecule has 9 heteroatoms. The van der Waals surface area contributed by atoms with Gasteiger partial charge in [-0.25, -0.2) is 4.98 Å². The van der Waals surface area contributed by atoms with Gasteiger partial charge in [0.05, 0.1) is 17.6 Å². The van der Waals surface area contributed by atoms with Crippen molar-refractivity contribution < 1.29 is 4.92 Å². The second-order valence-corrected chi connectivity index (χ2v) is 7.20. The van der Waals surface area contributed by atoms with E-state index < -0.39 is 4.92 Å². The Bertz CT molecular complexity index is 477. The first-order chi connectivity index (χ1) is 10.0. The molecule has 0 aliphatic heterocycles. The summed E-state index contributed by atoms with van der Waals surface area (Å²) in [5.41, 5.74) is 1.08. The zero-order chi connectivity index (χ0) is 15.7. The Balaban J connectivity index is 2.23. The number of hydrogen-bond acceptors (Lipinski definition) is 8. The summed E-state index contributed by atoms with van der Waals surface area (Å²) < 4.78 is 0. The van der Waals surface area contributed by atoms with Gasteiger partial charge in [-0.05, 0) is 25.3 Å². The fourth-order valence-electron chi connectivity index (χ4n) is 1.45. The number of aromatic nitrogens is 1. The van der Waals surface area contributed by atoms with Crippen LogP contribution < -0.4 is 5.32 Å². The molecule has 1 aromatic heterocycles. The van der Waals surface area contributed by atoms with Crippen molar-refractivity contribution in [2.45, 2.75) is 12.3 Å². The lowest BCUT2D eigenvalue weighted by molar-refractivity contribution is -0.431. The van der Waals surface area contributed by atoms with Crippen molar-refractivity contribution in [1.29, 1.82) is 0 Å². The maximum Gasteiger partial charge on any atom is 0.322 e. The quantitative estimate of drug-likeness (QED) is 0.395. The largest absolute Gasteiger partial charge is 0.358 e. The molecular weight excluding hydrogens is 328 g/mol. The monoisotopic (exact) mass is 348 g/mol. The Labute approximate surface area is 137 Å². The average molecular weight is 349 g/mol. The molecule has 6 nitrogen and oxygen atoms in total. The van der Waals surface area contributed by atoms with Gasteiger partial charge in [-0.15, -0.1) is 23.1 Å². The van der Waals surface area contributed by atoms with Crippen LogP contribution in [-0.4, -0.2) is 47.5 Å². The van der Waals surface area contributed by atoms with Crippen molar-refractivity contribution in [3.05, 3.63) is 37.4 Å². The molecule has 0 aliphatic carbocycles. The van der Waals surface area contributed by atoms with Crippen LogP contribution in [0.5, 0.6) is 0 Å². The Hall–Kier alpha value is -0.770. The molecule has 0 spiro atoms. The van der Waals surface area contributed by atoms with Crippen LogP contribution in [-0.2, 0) is 12.3 Å². The molecule has 1 rings (SSSR count). The van der Waals surface area contributed by atoms with Crippen LogP contribution in [0.1, 0.15) is 10.7 Å². The molecule has 0 bridgehead atoms. The van der Waals surface area contributed by atoms with Gasteiger partial charge in [0, 0.05) is 23.4 Å². The van der Waals surface area contributed by atoms with Gasteiger partial charge in [-0.2, -0.15) is 11.8 Å². The minimum atomic E-state index is -0.394. The zero-order valence-corrected chi connectivity index (χ0v) is 14.8. The van der Waals surface area contributed by atoms with Crippen LogP contribution in [0, 0.1) is 10.1 Å². The number of nitrogens with zero attached hydrogens (tertiary/aromatic N) is 3. The topological polar surface area (TPSA) is 71.3 Å². The predicted octanol–water partition coefficient (Wildman–Crippen LogP) is 2.47. The Morgan fingerprint density at radius 3 is 3.00 bits per heavy atom. The lowest BCUT2D eigenvalue weighted by Gasteiger charge is -2.05. The van der Waals surface area contributed by atoms with Crippen molar-refractivity contribution in [2.75, 3.05) is 32.6 Å². The van der Waals surface area contributed by atoms with Gasteiger partial charge < -0.3 is 15.0 Å². The lowest BCUT2D eigenvalue weighted by atomic mass is 10.5. The molecule has 21 heavy (non-hydrogen) atoms. The van der Waals surface area contributed by atoms with Crippen LogP contribution in [0.25, 0.3) is 0 Å². The average Bonchev–Trinajstić information content (AvgIpc) is 2.83. The van der Waals surface area contributed by atoms with Gasteiger partial charge >= 0.3 is 5.82 Å². The molecule has 0 saturated heterocycles. The molecule has 1 N–H and O–H groups in total. The summed E-state index contributed by atoms with van der Waals surface area (Å²) in [6.45, 7) is 1.44. The summed E-state index contributed by atoms with van der Waals surface area (Å²) in [5.74, 6) is 1.70. The maximum atomic E-state index is 10.7. The van der Waals surface area contributed by atoms with Crippen LogP contribution in [0.4, 0.5) is 0 Å². The Morgan fingerprint density at radius 1 is 1.62 bits per heavy atom. The lowest BCUT2D eigenvalue weighted by Crippen LogP contribution is -2.21. The highest BCUT2D eigenvalue weighted by atomic mass is 32.2. The Morgan fingerprint density at radius 2 is 2.38 bits per heavy atom. The third-order valence-corrected chi connectivity index (χ3v) is 4.61. The summed E-state index contributed by atoms with van der Waals surface area (Å²) in [4.78, 5) is 17.0. The van der Waals surface area contributed by atoms with Gasteiger partial charge in [0.15, 0.2) is 0 Å². The van der Waals surface area contributed by atoms with E-state index in [4.69, 9.17) is 0 Å². The smallest absolute Gasteiger partial charge is 0.322 e. The minimum absolute atomic E-state index is 0.0602. The first kappa shape index (κ1) is 18.3. The van der Waals surface area contributed by atoms with Gasteiger partial charge in [0.1, 0.15) is 5.01 Å². The molecule has 118 valence electrons. The van der Waals surface area contributed by atoms with E-state index in [1.54, 1.807) is 29.4 Å². The van der Waals surface area contributed by atoms with Crippen LogP contribution in [0.2, 0.25) is 0 Å². The summed E-state index contributed by atoms with van der Waals surface area (Å²) in [6, 6.07) is 0. The first-order valence-corrected chi connectivity index (χ1v) is 9.62. The van der Waals surface area contributed by atoms with Crippen molar-refractivity contribution in [3.8, 4) is 0 Å². The molecular formula is C12H20N4O2S3. The standard InChI is InChI=1S/C12H20N4O2S3/c1-15(2)6-12-14-10(8-21-12)7-20-5-4-13-11(9-19-3)16(17)18/h8-9,13H,4-7H2,1-3H3. The molecule has 1 heterocycles. The SMILES string of the molecule is CSC=C(NCCSCc1csc(CN(C)C)n1)[N+](=O)[O-]. The Kier molecular flexibility index (Phi) is 8.74. The second-order valence-electron chi connectivity index (χ2n) is 4.45. The van der Waals surface area contributed by atoms with E-state index in [0.717, 1.165) is 28.8 Å². The van der Waals surface area contributed by atoms with Crippen LogP contribution in [0.3, 0.4) is 0 Å². The molecule has 0 atom stereocenters. The molecule has 0 aromatic carbocycles. The summed E-state index contributed by atoms with van der Waals surface area (Å²) in [6.07, 6.45) is 1.80. The summed E-state index contributed by atoms with van der Waals surface area (Å²) in [5, 5.41) is 18.3. The van der Waals surface area contributed by atoms with E-state index >= 15 is 0 Å². The van der Waals surface area contributed by atoms with Crippen molar-refractivity contribution >= 4 is 34.9 Å². The van der Waals surface area contributed by atoms with E-state index in [9.17, 15) is 10.1 Å². The van der Waals surface area contributed by atoms with E-state index in [1.165, 1.54) is 17.2 Å². The minimum Gasteiger partial charge on any atom is -0.358 e. The van der Waals surface area contributed by atoms with Crippen LogP contribution >= 0.6 is 34.9 Å². The summed E-state index contributed by atoms with van der Waals surface area (Å²) in [7, 11) is 4.05.